The number of hydrogen-bond donors (Lipinski definition) is 3. The first kappa shape index (κ1) is 27.4. The van der Waals surface area contributed by atoms with E-state index in [4.69, 9.17) is 21.1 Å². The molecule has 186 valence electrons. The van der Waals surface area contributed by atoms with Crippen molar-refractivity contribution in [3.63, 3.8) is 0 Å². The van der Waals surface area contributed by atoms with Gasteiger partial charge in [-0.2, -0.15) is 0 Å². The molecule has 0 spiro atoms. The number of methoxy groups -OCH3 is 1. The van der Waals surface area contributed by atoms with Crippen molar-refractivity contribution < 1.29 is 23.8 Å². The van der Waals surface area contributed by atoms with Crippen LogP contribution in [0.2, 0.25) is 5.02 Å². The minimum atomic E-state index is -0.533. The predicted molar refractivity (Wildman–Crippen MR) is 133 cm³/mol. The zero-order valence-electron chi connectivity index (χ0n) is 20.0. The van der Waals surface area contributed by atoms with Gasteiger partial charge in [-0.1, -0.05) is 37.1 Å². The van der Waals surface area contributed by atoms with Crippen LogP contribution in [-0.4, -0.2) is 59.0 Å². The summed E-state index contributed by atoms with van der Waals surface area (Å²) in [6, 6.07) is 12.8. The second-order valence-corrected chi connectivity index (χ2v) is 8.01. The first-order valence-corrected chi connectivity index (χ1v) is 11.8. The van der Waals surface area contributed by atoms with Crippen LogP contribution in [0, 0.1) is 0 Å². The molecular weight excluding hydrogens is 458 g/mol. The molecule has 0 bridgehead atoms. The maximum absolute atomic E-state index is 12.8. The number of rotatable bonds is 14. The molecule has 2 aromatic rings. The summed E-state index contributed by atoms with van der Waals surface area (Å²) in [5.74, 6) is 0.391. The molecular formula is C25H34ClN3O5. The Morgan fingerprint density at radius 2 is 1.82 bits per heavy atom. The standard InChI is InChI=1S/C25H34ClN3O5/c1-4-5-12-33-22-16-19(14-20(17-22)24(30)28-10-9-27-2)23(18-7-6-8-21(26)15-18)34-13-11-29-25(31)32-3/h6-8,14-17,23,27H,4-5,9-13H2,1-3H3,(H,28,30)(H,29,31). The minimum Gasteiger partial charge on any atom is -0.494 e. The molecule has 8 nitrogen and oxygen atoms in total. The molecule has 0 fully saturated rings. The fourth-order valence-electron chi connectivity index (χ4n) is 3.18. The van der Waals surface area contributed by atoms with Gasteiger partial charge in [0.2, 0.25) is 0 Å². The molecule has 2 aromatic carbocycles. The normalized spacial score (nSPS) is 11.5. The lowest BCUT2D eigenvalue weighted by molar-refractivity contribution is 0.0802. The Hall–Kier alpha value is -2.81. The van der Waals surface area contributed by atoms with E-state index in [0.29, 0.717) is 36.0 Å². The van der Waals surface area contributed by atoms with E-state index in [9.17, 15) is 9.59 Å². The summed E-state index contributed by atoms with van der Waals surface area (Å²) in [4.78, 5) is 24.2. The fraction of sp³-hybridized carbons (Fsp3) is 0.440. The molecule has 2 rings (SSSR count). The van der Waals surface area contributed by atoms with Gasteiger partial charge in [0.1, 0.15) is 11.9 Å². The highest BCUT2D eigenvalue weighted by atomic mass is 35.5. The maximum atomic E-state index is 12.8. The van der Waals surface area contributed by atoms with Crippen LogP contribution in [-0.2, 0) is 9.47 Å². The zero-order chi connectivity index (χ0) is 24.8. The van der Waals surface area contributed by atoms with Crippen molar-refractivity contribution in [1.29, 1.82) is 0 Å². The number of ether oxygens (including phenoxy) is 3. The monoisotopic (exact) mass is 491 g/mol. The number of alkyl carbamates (subject to hydrolysis) is 1. The van der Waals surface area contributed by atoms with Crippen molar-refractivity contribution in [2.24, 2.45) is 0 Å². The van der Waals surface area contributed by atoms with Gasteiger partial charge in [0, 0.05) is 30.2 Å². The summed E-state index contributed by atoms with van der Waals surface area (Å²) in [5, 5.41) is 9.07. The Balaban J connectivity index is 2.36. The van der Waals surface area contributed by atoms with Crippen molar-refractivity contribution >= 4 is 23.6 Å². The van der Waals surface area contributed by atoms with E-state index in [1.807, 2.05) is 31.3 Å². The Bertz CT molecular complexity index is 925. The van der Waals surface area contributed by atoms with Crippen molar-refractivity contribution in [3.8, 4) is 5.75 Å². The molecule has 0 aromatic heterocycles. The number of likely N-dealkylation sites (N-methyl/N-ethyl adjacent to an activating group) is 1. The first-order valence-electron chi connectivity index (χ1n) is 11.4. The van der Waals surface area contributed by atoms with Crippen LogP contribution >= 0.6 is 11.6 Å². The van der Waals surface area contributed by atoms with Crippen LogP contribution in [0.3, 0.4) is 0 Å². The highest BCUT2D eigenvalue weighted by molar-refractivity contribution is 6.30. The number of halogens is 1. The quantitative estimate of drug-likeness (QED) is 0.346. The maximum Gasteiger partial charge on any atom is 0.406 e. The topological polar surface area (TPSA) is 97.9 Å². The first-order chi connectivity index (χ1) is 16.5. The molecule has 0 radical (unpaired) electrons. The van der Waals surface area contributed by atoms with Crippen LogP contribution in [0.5, 0.6) is 5.75 Å². The van der Waals surface area contributed by atoms with Crippen LogP contribution in [0.15, 0.2) is 42.5 Å². The second-order valence-electron chi connectivity index (χ2n) is 7.58. The number of hydrogen-bond acceptors (Lipinski definition) is 6. The molecule has 0 heterocycles. The average Bonchev–Trinajstić information content (AvgIpc) is 2.84. The lowest BCUT2D eigenvalue weighted by Crippen LogP contribution is -2.30. The summed E-state index contributed by atoms with van der Waals surface area (Å²) in [6.45, 7) is 4.27. The number of carbonyl (C=O) groups excluding carboxylic acids is 2. The SMILES string of the molecule is CCCCOc1cc(C(=O)NCCNC)cc(C(OCCNC(=O)OC)c2cccc(Cl)c2)c1. The Labute approximate surface area is 206 Å². The third-order valence-corrected chi connectivity index (χ3v) is 5.15. The average molecular weight is 492 g/mol. The number of benzene rings is 2. The lowest BCUT2D eigenvalue weighted by Gasteiger charge is -2.21. The van der Waals surface area contributed by atoms with E-state index in [1.54, 1.807) is 18.2 Å². The Kier molecular flexibility index (Phi) is 12.2. The summed E-state index contributed by atoms with van der Waals surface area (Å²) >= 11 is 6.24. The number of unbranched alkanes of at least 4 members (excludes halogenated alkanes) is 1. The predicted octanol–water partition coefficient (Wildman–Crippen LogP) is 3.93. The van der Waals surface area contributed by atoms with Crippen LogP contribution in [0.4, 0.5) is 4.79 Å². The lowest BCUT2D eigenvalue weighted by atomic mass is 9.98. The van der Waals surface area contributed by atoms with Gasteiger partial charge in [-0.05, 0) is 54.9 Å². The van der Waals surface area contributed by atoms with Crippen molar-refractivity contribution in [3.05, 3.63) is 64.2 Å². The van der Waals surface area contributed by atoms with Gasteiger partial charge in [-0.25, -0.2) is 4.79 Å². The molecule has 1 unspecified atom stereocenters. The van der Waals surface area contributed by atoms with Gasteiger partial charge in [0.25, 0.3) is 5.91 Å². The van der Waals surface area contributed by atoms with Crippen LogP contribution in [0.25, 0.3) is 0 Å². The number of nitrogens with one attached hydrogen (secondary N) is 3. The molecule has 0 aliphatic heterocycles. The highest BCUT2D eigenvalue weighted by Gasteiger charge is 2.19. The van der Waals surface area contributed by atoms with Gasteiger partial charge < -0.3 is 30.2 Å². The van der Waals surface area contributed by atoms with Gasteiger partial charge in [0.15, 0.2) is 0 Å². The fourth-order valence-corrected chi connectivity index (χ4v) is 3.38. The van der Waals surface area contributed by atoms with Gasteiger partial charge in [-0.3, -0.25) is 4.79 Å². The second kappa shape index (κ2) is 15.2. The Morgan fingerprint density at radius 3 is 2.53 bits per heavy atom. The molecule has 3 N–H and O–H groups in total. The van der Waals surface area contributed by atoms with E-state index in [1.165, 1.54) is 7.11 Å². The van der Waals surface area contributed by atoms with Crippen LogP contribution in [0.1, 0.15) is 47.4 Å². The highest BCUT2D eigenvalue weighted by Crippen LogP contribution is 2.31. The summed E-state index contributed by atoms with van der Waals surface area (Å²) in [6.07, 6.45) is 0.839. The summed E-state index contributed by atoms with van der Waals surface area (Å²) < 4.78 is 16.7. The molecule has 2 amide bonds. The zero-order valence-corrected chi connectivity index (χ0v) is 20.7. The third-order valence-electron chi connectivity index (χ3n) is 4.91. The largest absolute Gasteiger partial charge is 0.494 e. The van der Waals surface area contributed by atoms with Crippen molar-refractivity contribution in [2.75, 3.05) is 47.0 Å². The van der Waals surface area contributed by atoms with E-state index in [2.05, 4.69) is 27.6 Å². The molecule has 0 saturated carbocycles. The van der Waals surface area contributed by atoms with E-state index in [-0.39, 0.29) is 19.1 Å². The summed E-state index contributed by atoms with van der Waals surface area (Å²) in [7, 11) is 3.13. The van der Waals surface area contributed by atoms with Gasteiger partial charge in [0.05, 0.1) is 20.3 Å². The van der Waals surface area contributed by atoms with Crippen molar-refractivity contribution in [2.45, 2.75) is 25.9 Å². The third kappa shape index (κ3) is 9.21. The van der Waals surface area contributed by atoms with Crippen molar-refractivity contribution in [1.82, 2.24) is 16.0 Å². The van der Waals surface area contributed by atoms with Gasteiger partial charge >= 0.3 is 6.09 Å². The molecule has 1 atom stereocenters. The molecule has 0 aliphatic rings. The minimum absolute atomic E-state index is 0.199. The number of amides is 2. The summed E-state index contributed by atoms with van der Waals surface area (Å²) in [5.41, 5.74) is 2.04. The van der Waals surface area contributed by atoms with E-state index >= 15 is 0 Å². The molecule has 9 heteroatoms. The van der Waals surface area contributed by atoms with E-state index in [0.717, 1.165) is 24.0 Å². The molecule has 0 aliphatic carbocycles. The molecule has 34 heavy (non-hydrogen) atoms. The van der Waals surface area contributed by atoms with Crippen LogP contribution < -0.4 is 20.7 Å². The number of carbonyl (C=O) groups is 2. The smallest absolute Gasteiger partial charge is 0.406 e. The van der Waals surface area contributed by atoms with Gasteiger partial charge in [-0.15, -0.1) is 0 Å². The molecule has 0 saturated heterocycles. The Morgan fingerprint density at radius 1 is 1.00 bits per heavy atom. The van der Waals surface area contributed by atoms with E-state index < -0.39 is 12.2 Å².